The first-order chi connectivity index (χ1) is 18.7. The molecule has 2 aromatic heterocycles. The van der Waals surface area contributed by atoms with E-state index in [-0.39, 0.29) is 24.5 Å². The van der Waals surface area contributed by atoms with Crippen LogP contribution in [-0.4, -0.2) is 30.5 Å². The van der Waals surface area contributed by atoms with Crippen LogP contribution in [0.2, 0.25) is 10.0 Å². The van der Waals surface area contributed by atoms with Crippen molar-refractivity contribution in [3.05, 3.63) is 112 Å². The largest absolute Gasteiger partial charge is 0.489 e. The SMILES string of the molecule is C[C@@H](c1cc(-c2ccc(OCc3ccc(Cl)cc3Cl)cc2)no1)[C@](O)(Cn1cnnn1)c1ccc(F)cc1F. The van der Waals surface area contributed by atoms with Gasteiger partial charge in [-0.25, -0.2) is 13.5 Å². The second kappa shape index (κ2) is 11.1. The van der Waals surface area contributed by atoms with Gasteiger partial charge in [0.25, 0.3) is 0 Å². The van der Waals surface area contributed by atoms with Gasteiger partial charge in [-0.2, -0.15) is 0 Å². The maximum Gasteiger partial charge on any atom is 0.143 e. The molecular formula is C27H21Cl2F2N5O3. The molecule has 0 aliphatic rings. The highest BCUT2D eigenvalue weighted by atomic mass is 35.5. The molecule has 0 fully saturated rings. The van der Waals surface area contributed by atoms with E-state index in [0.29, 0.717) is 27.6 Å². The molecule has 1 N–H and O–H groups in total. The molecule has 0 saturated heterocycles. The number of halogens is 4. The molecule has 0 spiro atoms. The van der Waals surface area contributed by atoms with Crippen LogP contribution in [-0.2, 0) is 18.8 Å². The molecule has 5 rings (SSSR count). The second-order valence-electron chi connectivity index (χ2n) is 8.94. The van der Waals surface area contributed by atoms with E-state index >= 15 is 0 Å². The average Bonchev–Trinajstić information content (AvgIpc) is 3.60. The van der Waals surface area contributed by atoms with Gasteiger partial charge in [0.15, 0.2) is 0 Å². The Kier molecular flexibility index (Phi) is 7.60. The number of nitrogens with zero attached hydrogens (tertiary/aromatic N) is 5. The molecule has 200 valence electrons. The number of benzene rings is 3. The highest BCUT2D eigenvalue weighted by Crippen LogP contribution is 2.40. The Balaban J connectivity index is 1.36. The number of hydrogen-bond acceptors (Lipinski definition) is 7. The van der Waals surface area contributed by atoms with Crippen molar-refractivity contribution in [2.24, 2.45) is 0 Å². The number of ether oxygens (including phenoxy) is 1. The fourth-order valence-corrected chi connectivity index (χ4v) is 4.65. The van der Waals surface area contributed by atoms with Gasteiger partial charge in [0.2, 0.25) is 0 Å². The maximum atomic E-state index is 14.8. The quantitative estimate of drug-likeness (QED) is 0.225. The number of tetrazole rings is 1. The van der Waals surface area contributed by atoms with Crippen LogP contribution in [0.5, 0.6) is 5.75 Å². The second-order valence-corrected chi connectivity index (χ2v) is 9.78. The molecule has 8 nitrogen and oxygen atoms in total. The Bertz CT molecular complexity index is 1580. The van der Waals surface area contributed by atoms with Crippen LogP contribution < -0.4 is 4.74 Å². The van der Waals surface area contributed by atoms with Crippen molar-refractivity contribution in [3.63, 3.8) is 0 Å². The van der Waals surface area contributed by atoms with Gasteiger partial charge < -0.3 is 14.4 Å². The Morgan fingerprint density at radius 1 is 1.05 bits per heavy atom. The van der Waals surface area contributed by atoms with E-state index in [0.717, 1.165) is 17.2 Å². The first-order valence-corrected chi connectivity index (χ1v) is 12.5. The molecule has 2 heterocycles. The lowest BCUT2D eigenvalue weighted by atomic mass is 9.80. The lowest BCUT2D eigenvalue weighted by Gasteiger charge is -2.33. The Hall–Kier alpha value is -3.86. The fraction of sp³-hybridized carbons (Fsp3) is 0.185. The van der Waals surface area contributed by atoms with E-state index in [2.05, 4.69) is 20.7 Å². The predicted octanol–water partition coefficient (Wildman–Crippen LogP) is 6.18. The van der Waals surface area contributed by atoms with E-state index < -0.39 is 23.2 Å². The van der Waals surface area contributed by atoms with Gasteiger partial charge in [-0.05, 0) is 52.9 Å². The summed E-state index contributed by atoms with van der Waals surface area (Å²) >= 11 is 12.1. The minimum atomic E-state index is -1.90. The van der Waals surface area contributed by atoms with Crippen molar-refractivity contribution < 1.29 is 23.1 Å². The summed E-state index contributed by atoms with van der Waals surface area (Å²) in [6, 6.07) is 17.0. The Morgan fingerprint density at radius 3 is 2.54 bits per heavy atom. The Labute approximate surface area is 231 Å². The minimum Gasteiger partial charge on any atom is -0.489 e. The monoisotopic (exact) mass is 571 g/mol. The third kappa shape index (κ3) is 5.78. The number of hydrogen-bond donors (Lipinski definition) is 1. The molecular weight excluding hydrogens is 551 g/mol. The highest BCUT2D eigenvalue weighted by Gasteiger charge is 2.42. The number of rotatable bonds is 9. The summed E-state index contributed by atoms with van der Waals surface area (Å²) in [4.78, 5) is 0. The van der Waals surface area contributed by atoms with Crippen LogP contribution in [0.1, 0.15) is 29.7 Å². The average molecular weight is 572 g/mol. The predicted molar refractivity (Wildman–Crippen MR) is 139 cm³/mol. The topological polar surface area (TPSA) is 99.1 Å². The molecule has 0 aliphatic carbocycles. The van der Waals surface area contributed by atoms with Gasteiger partial charge in [-0.3, -0.25) is 0 Å². The maximum absolute atomic E-state index is 14.8. The third-order valence-electron chi connectivity index (χ3n) is 6.42. The molecule has 39 heavy (non-hydrogen) atoms. The molecule has 0 amide bonds. The van der Waals surface area contributed by atoms with Gasteiger partial charge in [0, 0.05) is 38.9 Å². The van der Waals surface area contributed by atoms with Crippen LogP contribution in [0, 0.1) is 11.6 Å². The van der Waals surface area contributed by atoms with Crippen molar-refractivity contribution in [1.29, 1.82) is 0 Å². The van der Waals surface area contributed by atoms with Crippen molar-refractivity contribution in [3.8, 4) is 17.0 Å². The zero-order valence-corrected chi connectivity index (χ0v) is 21.9. The molecule has 3 aromatic carbocycles. The van der Waals surface area contributed by atoms with Crippen LogP contribution in [0.3, 0.4) is 0 Å². The van der Waals surface area contributed by atoms with E-state index in [9.17, 15) is 13.9 Å². The van der Waals surface area contributed by atoms with Crippen LogP contribution >= 0.6 is 23.2 Å². The van der Waals surface area contributed by atoms with E-state index in [1.54, 1.807) is 55.5 Å². The molecule has 2 atom stereocenters. The number of aliphatic hydroxyl groups is 1. The van der Waals surface area contributed by atoms with E-state index in [1.807, 2.05) is 0 Å². The summed E-state index contributed by atoms with van der Waals surface area (Å²) in [5.74, 6) is -1.60. The summed E-state index contributed by atoms with van der Waals surface area (Å²) < 4.78 is 41.1. The zero-order chi connectivity index (χ0) is 27.6. The van der Waals surface area contributed by atoms with Gasteiger partial charge in [-0.1, -0.05) is 47.4 Å². The van der Waals surface area contributed by atoms with Gasteiger partial charge in [-0.15, -0.1) is 5.10 Å². The van der Waals surface area contributed by atoms with Crippen molar-refractivity contribution >= 4 is 23.2 Å². The molecule has 0 saturated carbocycles. The molecule has 12 heteroatoms. The summed E-state index contributed by atoms with van der Waals surface area (Å²) in [5.41, 5.74) is -0.0105. The summed E-state index contributed by atoms with van der Waals surface area (Å²) in [6.45, 7) is 1.69. The molecule has 0 aliphatic heterocycles. The van der Waals surface area contributed by atoms with Crippen LogP contribution in [0.15, 0.2) is 77.6 Å². The van der Waals surface area contributed by atoms with Crippen LogP contribution in [0.25, 0.3) is 11.3 Å². The standard InChI is InChI=1S/C27H21Cl2F2N5O3/c1-16(27(37,14-36-15-32-34-35-36)22-9-6-20(30)11-24(22)31)26-12-25(33-39-26)17-3-7-21(8-4-17)38-13-18-2-5-19(28)10-23(18)29/h2-12,15-16,37H,13-14H2,1H3/t16-,27+/m0/s1. The first-order valence-electron chi connectivity index (χ1n) is 11.8. The minimum absolute atomic E-state index is 0.132. The lowest BCUT2D eigenvalue weighted by molar-refractivity contribution is -0.0185. The molecule has 5 aromatic rings. The van der Waals surface area contributed by atoms with Gasteiger partial charge in [0.05, 0.1) is 12.5 Å². The Morgan fingerprint density at radius 2 is 1.85 bits per heavy atom. The molecule has 0 radical (unpaired) electrons. The normalized spacial score (nSPS) is 13.7. The summed E-state index contributed by atoms with van der Waals surface area (Å²) in [7, 11) is 0. The fourth-order valence-electron chi connectivity index (χ4n) is 4.18. The number of aromatic nitrogens is 5. The molecule has 0 unspecified atom stereocenters. The van der Waals surface area contributed by atoms with E-state index in [4.69, 9.17) is 32.5 Å². The summed E-state index contributed by atoms with van der Waals surface area (Å²) in [5, 5.41) is 27.9. The van der Waals surface area contributed by atoms with Crippen molar-refractivity contribution in [2.75, 3.05) is 0 Å². The van der Waals surface area contributed by atoms with Crippen molar-refractivity contribution in [2.45, 2.75) is 31.6 Å². The third-order valence-corrected chi connectivity index (χ3v) is 7.01. The van der Waals surface area contributed by atoms with E-state index in [1.165, 1.54) is 17.1 Å². The first kappa shape index (κ1) is 26.7. The lowest BCUT2D eigenvalue weighted by Crippen LogP contribution is -2.38. The van der Waals surface area contributed by atoms with Gasteiger partial charge >= 0.3 is 0 Å². The smallest absolute Gasteiger partial charge is 0.143 e. The van der Waals surface area contributed by atoms with Gasteiger partial charge in [0.1, 0.15) is 47.4 Å². The zero-order valence-electron chi connectivity index (χ0n) is 20.4. The highest BCUT2D eigenvalue weighted by molar-refractivity contribution is 6.35. The summed E-state index contributed by atoms with van der Waals surface area (Å²) in [6.07, 6.45) is 1.29. The van der Waals surface area contributed by atoms with Crippen molar-refractivity contribution in [1.82, 2.24) is 25.4 Å². The molecule has 0 bridgehead atoms. The van der Waals surface area contributed by atoms with Crippen LogP contribution in [0.4, 0.5) is 8.78 Å².